The van der Waals surface area contributed by atoms with E-state index in [-0.39, 0.29) is 46.5 Å². The zero-order chi connectivity index (χ0) is 15.1. The van der Waals surface area contributed by atoms with Gasteiger partial charge in [0.15, 0.2) is 5.78 Å². The van der Waals surface area contributed by atoms with Crippen LogP contribution in [0.25, 0.3) is 0 Å². The van der Waals surface area contributed by atoms with Crippen LogP contribution in [0.1, 0.15) is 28.4 Å². The second-order valence-electron chi connectivity index (χ2n) is 4.81. The minimum absolute atomic E-state index is 0.0160. The van der Waals surface area contributed by atoms with Gasteiger partial charge in [0, 0.05) is 23.8 Å². The van der Waals surface area contributed by atoms with E-state index in [1.165, 1.54) is 18.2 Å². The maximum atomic E-state index is 12.1. The van der Waals surface area contributed by atoms with Crippen molar-refractivity contribution in [3.8, 4) is 28.7 Å². The lowest BCUT2D eigenvalue weighted by Crippen LogP contribution is -2.20. The van der Waals surface area contributed by atoms with Gasteiger partial charge in [-0.05, 0) is 12.1 Å². The summed E-state index contributed by atoms with van der Waals surface area (Å²) >= 11 is 0. The molecule has 0 saturated carbocycles. The Morgan fingerprint density at radius 1 is 0.952 bits per heavy atom. The third-order valence-electron chi connectivity index (χ3n) is 3.35. The van der Waals surface area contributed by atoms with Gasteiger partial charge in [-0.2, -0.15) is 0 Å². The van der Waals surface area contributed by atoms with E-state index in [1.807, 2.05) is 0 Å². The number of hydrogen-bond donors (Lipinski definition) is 4. The molecule has 1 heterocycles. The first-order valence-electron chi connectivity index (χ1n) is 6.23. The minimum Gasteiger partial charge on any atom is -0.508 e. The summed E-state index contributed by atoms with van der Waals surface area (Å²) in [5.41, 5.74) is 0.358. The average molecular weight is 288 g/mol. The molecule has 0 aromatic heterocycles. The fraction of sp³-hybridized carbons (Fsp3) is 0.133. The van der Waals surface area contributed by atoms with Crippen molar-refractivity contribution < 1.29 is 30.0 Å². The molecular formula is C15H12O6. The van der Waals surface area contributed by atoms with Gasteiger partial charge in [0.2, 0.25) is 0 Å². The summed E-state index contributed by atoms with van der Waals surface area (Å²) in [6.07, 6.45) is -0.823. The molecule has 3 rings (SSSR count). The first-order valence-corrected chi connectivity index (χ1v) is 6.23. The molecule has 4 N–H and O–H groups in total. The zero-order valence-electron chi connectivity index (χ0n) is 10.8. The number of phenols is 4. The molecule has 0 radical (unpaired) electrons. The van der Waals surface area contributed by atoms with Gasteiger partial charge in [0.1, 0.15) is 40.4 Å². The summed E-state index contributed by atoms with van der Waals surface area (Å²) in [7, 11) is 0. The lowest BCUT2D eigenvalue weighted by Gasteiger charge is -2.26. The summed E-state index contributed by atoms with van der Waals surface area (Å²) in [6.45, 7) is 0. The number of phenolic OH excluding ortho intramolecular Hbond substituents is 4. The monoisotopic (exact) mass is 288 g/mol. The van der Waals surface area contributed by atoms with Crippen LogP contribution in [-0.4, -0.2) is 26.2 Å². The van der Waals surface area contributed by atoms with E-state index in [1.54, 1.807) is 0 Å². The highest BCUT2D eigenvalue weighted by Crippen LogP contribution is 2.43. The molecule has 0 amide bonds. The zero-order valence-corrected chi connectivity index (χ0v) is 10.8. The lowest BCUT2D eigenvalue weighted by molar-refractivity contribution is 0.0842. The highest BCUT2D eigenvalue weighted by atomic mass is 16.5. The Kier molecular flexibility index (Phi) is 2.86. The highest BCUT2D eigenvalue weighted by molar-refractivity contribution is 6.02. The predicted octanol–water partition coefficient (Wildman–Crippen LogP) is 2.22. The van der Waals surface area contributed by atoms with Crippen molar-refractivity contribution in [2.24, 2.45) is 0 Å². The van der Waals surface area contributed by atoms with E-state index >= 15 is 0 Å². The van der Waals surface area contributed by atoms with Crippen LogP contribution in [0.15, 0.2) is 30.3 Å². The Morgan fingerprint density at radius 3 is 2.38 bits per heavy atom. The van der Waals surface area contributed by atoms with Crippen LogP contribution < -0.4 is 4.74 Å². The Bertz CT molecular complexity index is 737. The first-order chi connectivity index (χ1) is 9.95. The summed E-state index contributed by atoms with van der Waals surface area (Å²) in [6, 6.07) is 6.28. The van der Waals surface area contributed by atoms with Crippen LogP contribution >= 0.6 is 0 Å². The topological polar surface area (TPSA) is 107 Å². The second-order valence-corrected chi connectivity index (χ2v) is 4.81. The van der Waals surface area contributed by atoms with Crippen LogP contribution in [0.5, 0.6) is 28.7 Å². The molecule has 0 aliphatic carbocycles. The minimum atomic E-state index is -0.758. The van der Waals surface area contributed by atoms with Crippen LogP contribution in [-0.2, 0) is 0 Å². The normalized spacial score (nSPS) is 17.1. The Balaban J connectivity index is 2.04. The quantitative estimate of drug-likeness (QED) is 0.641. The number of carbonyl (C=O) groups excluding carboxylic acids is 1. The van der Waals surface area contributed by atoms with Crippen LogP contribution in [0, 0.1) is 0 Å². The largest absolute Gasteiger partial charge is 0.508 e. The standard InChI is InChI=1S/C15H12O6/c16-7-1-2-9(10(18)3-7)13-6-12(20)15-11(19)4-8(17)5-14(15)21-13/h1-5,13,16-19H,6H2/t13-/m1/s1. The summed E-state index contributed by atoms with van der Waals surface area (Å²) in [5.74, 6) is -1.17. The molecule has 2 aromatic rings. The number of rotatable bonds is 1. The number of hydrogen-bond acceptors (Lipinski definition) is 6. The second kappa shape index (κ2) is 4.59. The van der Waals surface area contributed by atoms with E-state index in [9.17, 15) is 25.2 Å². The Hall–Kier alpha value is -2.89. The lowest BCUT2D eigenvalue weighted by atomic mass is 9.95. The molecule has 0 fully saturated rings. The smallest absolute Gasteiger partial charge is 0.174 e. The number of benzene rings is 2. The van der Waals surface area contributed by atoms with Gasteiger partial charge in [-0.1, -0.05) is 0 Å². The predicted molar refractivity (Wildman–Crippen MR) is 71.9 cm³/mol. The third-order valence-corrected chi connectivity index (χ3v) is 3.35. The number of fused-ring (bicyclic) bond motifs is 1. The Morgan fingerprint density at radius 2 is 1.67 bits per heavy atom. The van der Waals surface area contributed by atoms with Crippen molar-refractivity contribution in [1.29, 1.82) is 0 Å². The molecular weight excluding hydrogens is 276 g/mol. The van der Waals surface area contributed by atoms with Gasteiger partial charge >= 0.3 is 0 Å². The van der Waals surface area contributed by atoms with E-state index < -0.39 is 6.10 Å². The van der Waals surface area contributed by atoms with Crippen molar-refractivity contribution >= 4 is 5.78 Å². The number of Topliss-reactive ketones (excluding diaryl/α,β-unsaturated/α-hetero) is 1. The highest BCUT2D eigenvalue weighted by Gasteiger charge is 2.32. The molecule has 0 saturated heterocycles. The van der Waals surface area contributed by atoms with Crippen molar-refractivity contribution in [2.45, 2.75) is 12.5 Å². The van der Waals surface area contributed by atoms with Crippen molar-refractivity contribution in [3.05, 3.63) is 41.5 Å². The average Bonchev–Trinajstić information content (AvgIpc) is 2.36. The summed E-state index contributed by atoms with van der Waals surface area (Å²) < 4.78 is 5.59. The molecule has 6 nitrogen and oxygen atoms in total. The van der Waals surface area contributed by atoms with Crippen molar-refractivity contribution in [1.82, 2.24) is 0 Å². The van der Waals surface area contributed by atoms with E-state index in [0.29, 0.717) is 5.56 Å². The maximum absolute atomic E-state index is 12.1. The fourth-order valence-electron chi connectivity index (χ4n) is 2.40. The number of carbonyl (C=O) groups is 1. The molecule has 6 heteroatoms. The number of aromatic hydroxyl groups is 4. The fourth-order valence-corrected chi connectivity index (χ4v) is 2.40. The molecule has 0 spiro atoms. The first kappa shape index (κ1) is 13.1. The van der Waals surface area contributed by atoms with E-state index in [2.05, 4.69) is 0 Å². The van der Waals surface area contributed by atoms with Crippen LogP contribution in [0.4, 0.5) is 0 Å². The van der Waals surface area contributed by atoms with Gasteiger partial charge < -0.3 is 25.2 Å². The molecule has 1 aliphatic heterocycles. The molecule has 1 atom stereocenters. The summed E-state index contributed by atoms with van der Waals surface area (Å²) in [4.78, 5) is 12.1. The van der Waals surface area contributed by atoms with Crippen molar-refractivity contribution in [3.63, 3.8) is 0 Å². The van der Waals surface area contributed by atoms with Gasteiger partial charge in [0.05, 0.1) is 6.42 Å². The maximum Gasteiger partial charge on any atom is 0.174 e. The third kappa shape index (κ3) is 2.20. The van der Waals surface area contributed by atoms with Crippen LogP contribution in [0.2, 0.25) is 0 Å². The molecule has 0 unspecified atom stereocenters. The molecule has 1 aliphatic rings. The van der Waals surface area contributed by atoms with Crippen LogP contribution in [0.3, 0.4) is 0 Å². The van der Waals surface area contributed by atoms with Crippen molar-refractivity contribution in [2.75, 3.05) is 0 Å². The summed E-state index contributed by atoms with van der Waals surface area (Å²) in [5, 5.41) is 38.3. The molecule has 21 heavy (non-hydrogen) atoms. The Labute approximate surface area is 119 Å². The van der Waals surface area contributed by atoms with E-state index in [4.69, 9.17) is 4.74 Å². The molecule has 2 aromatic carbocycles. The van der Waals surface area contributed by atoms with Gasteiger partial charge in [-0.25, -0.2) is 0 Å². The van der Waals surface area contributed by atoms with Gasteiger partial charge in [-0.15, -0.1) is 0 Å². The number of ketones is 1. The molecule has 0 bridgehead atoms. The SMILES string of the molecule is O=C1C[C@H](c2ccc(O)cc2O)Oc2cc(O)cc(O)c21. The van der Waals surface area contributed by atoms with Gasteiger partial charge in [0.25, 0.3) is 0 Å². The van der Waals surface area contributed by atoms with Gasteiger partial charge in [-0.3, -0.25) is 4.79 Å². The number of ether oxygens (including phenoxy) is 1. The van der Waals surface area contributed by atoms with E-state index in [0.717, 1.165) is 12.1 Å². The molecule has 108 valence electrons.